The first-order valence-electron chi connectivity index (χ1n) is 8.62. The Morgan fingerprint density at radius 1 is 1.21 bits per heavy atom. The van der Waals surface area contributed by atoms with Crippen LogP contribution in [0.4, 0.5) is 5.95 Å². The molecule has 0 saturated carbocycles. The number of nitrogens with one attached hydrogen (secondary N) is 1. The van der Waals surface area contributed by atoms with Gasteiger partial charge in [-0.1, -0.05) is 16.8 Å². The highest BCUT2D eigenvalue weighted by atomic mass is 35.5. The van der Waals surface area contributed by atoms with Crippen molar-refractivity contribution < 1.29 is 18.5 Å². The van der Waals surface area contributed by atoms with Gasteiger partial charge in [-0.15, -0.1) is 0 Å². The molecular weight excluding hydrogens is 396 g/mol. The fourth-order valence-corrected chi connectivity index (χ4v) is 2.69. The molecule has 4 rings (SSSR count). The lowest BCUT2D eigenvalue weighted by atomic mass is 10.2. The monoisotopic (exact) mass is 410 g/mol. The molecule has 8 nitrogen and oxygen atoms in total. The molecule has 0 aliphatic heterocycles. The lowest BCUT2D eigenvalue weighted by Gasteiger charge is -2.07. The predicted octanol–water partition coefficient (Wildman–Crippen LogP) is 4.52. The molecule has 3 aromatic heterocycles. The van der Waals surface area contributed by atoms with Crippen molar-refractivity contribution in [2.75, 3.05) is 5.32 Å². The zero-order valence-corrected chi connectivity index (χ0v) is 16.0. The molecule has 0 aliphatic carbocycles. The van der Waals surface area contributed by atoms with E-state index in [1.54, 1.807) is 55.7 Å². The van der Waals surface area contributed by atoms with E-state index >= 15 is 0 Å². The van der Waals surface area contributed by atoms with E-state index in [1.807, 2.05) is 0 Å². The van der Waals surface area contributed by atoms with Crippen molar-refractivity contribution in [1.29, 1.82) is 0 Å². The fraction of sp³-hybridized carbons (Fsp3) is 0.100. The minimum Gasteiger partial charge on any atom is -0.489 e. The molecule has 9 heteroatoms. The Bertz CT molecular complexity index is 1120. The minimum absolute atomic E-state index is 0.100. The SMILES string of the molecule is Cc1onc(C(=O)Nc2nccc(-c3ccco3)n2)c1COc1ccc(Cl)cc1. The number of anilines is 1. The summed E-state index contributed by atoms with van der Waals surface area (Å²) in [4.78, 5) is 21.0. The van der Waals surface area contributed by atoms with E-state index < -0.39 is 5.91 Å². The Labute approximate surface area is 170 Å². The number of hydrogen-bond acceptors (Lipinski definition) is 7. The Kier molecular flexibility index (Phi) is 5.26. The summed E-state index contributed by atoms with van der Waals surface area (Å²) in [6.07, 6.45) is 3.07. The maximum Gasteiger partial charge on any atom is 0.280 e. The molecule has 29 heavy (non-hydrogen) atoms. The van der Waals surface area contributed by atoms with Gasteiger partial charge in [-0.3, -0.25) is 10.1 Å². The Morgan fingerprint density at radius 2 is 2.03 bits per heavy atom. The van der Waals surface area contributed by atoms with Crippen LogP contribution in [-0.2, 0) is 6.61 Å². The topological polar surface area (TPSA) is 103 Å². The maximum atomic E-state index is 12.7. The Morgan fingerprint density at radius 3 is 2.79 bits per heavy atom. The van der Waals surface area contributed by atoms with Crippen molar-refractivity contribution in [3.63, 3.8) is 0 Å². The number of ether oxygens (including phenoxy) is 1. The van der Waals surface area contributed by atoms with Crippen LogP contribution in [-0.4, -0.2) is 21.0 Å². The van der Waals surface area contributed by atoms with E-state index in [2.05, 4.69) is 20.4 Å². The van der Waals surface area contributed by atoms with Crippen LogP contribution >= 0.6 is 11.6 Å². The van der Waals surface area contributed by atoms with Gasteiger partial charge < -0.3 is 13.7 Å². The molecular formula is C20H15ClN4O4. The van der Waals surface area contributed by atoms with Crippen molar-refractivity contribution in [2.45, 2.75) is 13.5 Å². The van der Waals surface area contributed by atoms with Crippen LogP contribution in [0.5, 0.6) is 5.75 Å². The quantitative estimate of drug-likeness (QED) is 0.498. The summed E-state index contributed by atoms with van der Waals surface area (Å²) in [6, 6.07) is 12.1. The van der Waals surface area contributed by atoms with Crippen molar-refractivity contribution in [3.8, 4) is 17.2 Å². The third-order valence-corrected chi connectivity index (χ3v) is 4.30. The van der Waals surface area contributed by atoms with Gasteiger partial charge in [-0.25, -0.2) is 9.97 Å². The second kappa shape index (κ2) is 8.15. The molecule has 4 aromatic rings. The maximum absolute atomic E-state index is 12.7. The van der Waals surface area contributed by atoms with E-state index in [9.17, 15) is 4.79 Å². The summed E-state index contributed by atoms with van der Waals surface area (Å²) in [6.45, 7) is 1.81. The zero-order valence-electron chi connectivity index (χ0n) is 15.3. The van der Waals surface area contributed by atoms with Gasteiger partial charge in [0.25, 0.3) is 5.91 Å². The van der Waals surface area contributed by atoms with E-state index in [1.165, 1.54) is 6.20 Å². The molecule has 1 aromatic carbocycles. The van der Waals surface area contributed by atoms with E-state index in [-0.39, 0.29) is 18.2 Å². The highest BCUT2D eigenvalue weighted by Gasteiger charge is 2.21. The van der Waals surface area contributed by atoms with Gasteiger partial charge in [-0.2, -0.15) is 0 Å². The number of halogens is 1. The van der Waals surface area contributed by atoms with Gasteiger partial charge in [0.05, 0.1) is 11.8 Å². The highest BCUT2D eigenvalue weighted by molar-refractivity contribution is 6.30. The largest absolute Gasteiger partial charge is 0.489 e. The second-order valence-electron chi connectivity index (χ2n) is 6.01. The molecule has 1 amide bonds. The molecule has 0 saturated heterocycles. The number of aryl methyl sites for hydroxylation is 1. The summed E-state index contributed by atoms with van der Waals surface area (Å²) < 4.78 is 16.2. The third kappa shape index (κ3) is 4.27. The summed E-state index contributed by atoms with van der Waals surface area (Å²) in [5, 5.41) is 7.08. The van der Waals surface area contributed by atoms with Gasteiger partial charge in [-0.05, 0) is 49.4 Å². The number of benzene rings is 1. The van der Waals surface area contributed by atoms with Crippen LogP contribution in [0.3, 0.4) is 0 Å². The van der Waals surface area contributed by atoms with Crippen LogP contribution < -0.4 is 10.1 Å². The number of furan rings is 1. The molecule has 0 bridgehead atoms. The van der Waals surface area contributed by atoms with Crippen molar-refractivity contribution >= 4 is 23.5 Å². The molecule has 0 fully saturated rings. The van der Waals surface area contributed by atoms with Gasteiger partial charge in [0.15, 0.2) is 11.5 Å². The van der Waals surface area contributed by atoms with Crippen molar-refractivity contribution in [2.24, 2.45) is 0 Å². The number of amides is 1. The smallest absolute Gasteiger partial charge is 0.280 e. The predicted molar refractivity (Wildman–Crippen MR) is 105 cm³/mol. The molecule has 146 valence electrons. The van der Waals surface area contributed by atoms with Crippen LogP contribution in [0, 0.1) is 6.92 Å². The Balaban J connectivity index is 1.49. The average Bonchev–Trinajstić information content (AvgIpc) is 3.38. The number of carbonyl (C=O) groups is 1. The van der Waals surface area contributed by atoms with E-state index in [4.69, 9.17) is 25.3 Å². The molecule has 1 N–H and O–H groups in total. The number of aromatic nitrogens is 3. The standard InChI is InChI=1S/C20H15ClN4O4/c1-12-15(11-28-14-6-4-13(21)5-7-14)18(25-29-12)19(26)24-20-22-9-8-16(23-20)17-3-2-10-27-17/h2-10H,11H2,1H3,(H,22,23,24,26). The van der Waals surface area contributed by atoms with Crippen LogP contribution in [0.1, 0.15) is 21.8 Å². The molecule has 0 spiro atoms. The van der Waals surface area contributed by atoms with E-state index in [0.717, 1.165) is 0 Å². The van der Waals surface area contributed by atoms with Crippen molar-refractivity contribution in [3.05, 3.63) is 77.0 Å². The number of rotatable bonds is 6. The summed E-state index contributed by atoms with van der Waals surface area (Å²) in [5.74, 6) is 1.27. The molecule has 0 atom stereocenters. The third-order valence-electron chi connectivity index (χ3n) is 4.05. The number of nitrogens with zero attached hydrogens (tertiary/aromatic N) is 3. The van der Waals surface area contributed by atoms with Crippen LogP contribution in [0.2, 0.25) is 5.02 Å². The molecule has 3 heterocycles. The first-order valence-corrected chi connectivity index (χ1v) is 9.00. The number of carbonyl (C=O) groups excluding carboxylic acids is 1. The average molecular weight is 411 g/mol. The summed E-state index contributed by atoms with van der Waals surface area (Å²) >= 11 is 5.87. The van der Waals surface area contributed by atoms with Gasteiger partial charge in [0, 0.05) is 11.2 Å². The lowest BCUT2D eigenvalue weighted by molar-refractivity contribution is 0.101. The summed E-state index contributed by atoms with van der Waals surface area (Å²) in [5.41, 5.74) is 1.17. The summed E-state index contributed by atoms with van der Waals surface area (Å²) in [7, 11) is 0. The lowest BCUT2D eigenvalue weighted by Crippen LogP contribution is -2.17. The van der Waals surface area contributed by atoms with Gasteiger partial charge >= 0.3 is 0 Å². The molecule has 0 aliphatic rings. The van der Waals surface area contributed by atoms with Crippen LogP contribution in [0.15, 0.2) is 63.9 Å². The first kappa shape index (κ1) is 18.7. The second-order valence-corrected chi connectivity index (χ2v) is 6.44. The number of hydrogen-bond donors (Lipinski definition) is 1. The molecule has 0 radical (unpaired) electrons. The molecule has 0 unspecified atom stereocenters. The first-order chi connectivity index (χ1) is 14.1. The van der Waals surface area contributed by atoms with E-state index in [0.29, 0.717) is 33.6 Å². The highest BCUT2D eigenvalue weighted by Crippen LogP contribution is 2.21. The fourth-order valence-electron chi connectivity index (χ4n) is 2.57. The Hall–Kier alpha value is -3.65. The van der Waals surface area contributed by atoms with Gasteiger partial charge in [0.1, 0.15) is 23.8 Å². The minimum atomic E-state index is -0.506. The zero-order chi connectivity index (χ0) is 20.2. The van der Waals surface area contributed by atoms with Crippen LogP contribution in [0.25, 0.3) is 11.5 Å². The normalized spacial score (nSPS) is 10.7. The van der Waals surface area contributed by atoms with Crippen molar-refractivity contribution in [1.82, 2.24) is 15.1 Å². The van der Waals surface area contributed by atoms with Gasteiger partial charge in [0.2, 0.25) is 5.95 Å².